The summed E-state index contributed by atoms with van der Waals surface area (Å²) in [5.41, 5.74) is 1.63. The van der Waals surface area contributed by atoms with Crippen molar-refractivity contribution in [3.63, 3.8) is 0 Å². The van der Waals surface area contributed by atoms with Crippen LogP contribution in [-0.4, -0.2) is 70.4 Å². The number of carbonyl (C=O) groups excluding carboxylic acids is 2. The standard InChI is InChI=1S/C35H47N3O7/c1-3-43-31-25-14-9-10-16-27(25)36-32-26(31)15-6-4-5-13-24-21(2)17-18-29(24)45-35(42)37-30(22-11-7-8-12-22)33(39)38-20-23(44-32)19-28(38)34(40)41/h9-10,14,16,21-24,28-30H,3-8,11-13,15,17-20H2,1-2H3,(H,37,42)(H,40,41)/t21?,23-,24-,28+,29-,30+/m1/s1. The summed E-state index contributed by atoms with van der Waals surface area (Å²) in [4.78, 5) is 46.3. The van der Waals surface area contributed by atoms with Crippen LogP contribution in [0.5, 0.6) is 11.6 Å². The first kappa shape index (κ1) is 31.4. The third kappa shape index (κ3) is 6.70. The van der Waals surface area contributed by atoms with E-state index in [0.717, 1.165) is 86.4 Å². The number of para-hydroxylation sites is 1. The predicted molar refractivity (Wildman–Crippen MR) is 168 cm³/mol. The van der Waals surface area contributed by atoms with Crippen LogP contribution < -0.4 is 14.8 Å². The Morgan fingerprint density at radius 3 is 2.60 bits per heavy atom. The minimum Gasteiger partial charge on any atom is -0.493 e. The molecule has 2 aromatic rings. The Balaban J connectivity index is 1.37. The molecule has 244 valence electrons. The van der Waals surface area contributed by atoms with Crippen molar-refractivity contribution >= 4 is 28.9 Å². The number of fused-ring (bicyclic) bond motifs is 5. The van der Waals surface area contributed by atoms with E-state index in [1.807, 2.05) is 31.2 Å². The SMILES string of the molecule is CCOc1c2c(nc3ccccc13)O[C@@H]1C[C@@H](C(=O)O)N(C1)C(=O)[C@H](C1CCCC1)NC(=O)O[C@@H]1CCC(C)[C@H]1CCCCC2. The van der Waals surface area contributed by atoms with Gasteiger partial charge in [-0.1, -0.05) is 44.7 Å². The Hall–Kier alpha value is -3.56. The maximum absolute atomic E-state index is 14.2. The van der Waals surface area contributed by atoms with Crippen molar-refractivity contribution in [2.45, 2.75) is 115 Å². The largest absolute Gasteiger partial charge is 0.493 e. The van der Waals surface area contributed by atoms with Gasteiger partial charge in [0.15, 0.2) is 0 Å². The second kappa shape index (κ2) is 13.8. The summed E-state index contributed by atoms with van der Waals surface area (Å²) >= 11 is 0. The molecule has 1 unspecified atom stereocenters. The number of benzene rings is 1. The summed E-state index contributed by atoms with van der Waals surface area (Å²) in [6.45, 7) is 4.78. The first-order valence-electron chi connectivity index (χ1n) is 17.1. The molecule has 2 aliphatic carbocycles. The number of rotatable bonds is 4. The number of carbonyl (C=O) groups is 3. The second-order valence-corrected chi connectivity index (χ2v) is 13.4. The van der Waals surface area contributed by atoms with Crippen LogP contribution in [0.3, 0.4) is 0 Å². The van der Waals surface area contributed by atoms with Crippen molar-refractivity contribution in [1.29, 1.82) is 0 Å². The molecule has 1 saturated heterocycles. The summed E-state index contributed by atoms with van der Waals surface area (Å²) in [5.74, 6) is 0.397. The van der Waals surface area contributed by atoms with Gasteiger partial charge in [0.25, 0.3) is 0 Å². The second-order valence-electron chi connectivity index (χ2n) is 13.4. The predicted octanol–water partition coefficient (Wildman–Crippen LogP) is 5.88. The van der Waals surface area contributed by atoms with Gasteiger partial charge in [0.05, 0.1) is 24.2 Å². The normalized spacial score (nSPS) is 30.0. The van der Waals surface area contributed by atoms with Crippen molar-refractivity contribution in [2.75, 3.05) is 13.2 Å². The van der Waals surface area contributed by atoms with Gasteiger partial charge in [-0.15, -0.1) is 0 Å². The van der Waals surface area contributed by atoms with Crippen LogP contribution in [0.2, 0.25) is 0 Å². The average molecular weight is 622 g/mol. The lowest BCUT2D eigenvalue weighted by Crippen LogP contribution is -2.55. The zero-order chi connectivity index (χ0) is 31.5. The molecule has 2 amide bonds. The Kier molecular flexibility index (Phi) is 9.66. The summed E-state index contributed by atoms with van der Waals surface area (Å²) in [5, 5.41) is 14.1. The highest BCUT2D eigenvalue weighted by atomic mass is 16.6. The molecular formula is C35H47N3O7. The number of carboxylic acid groups (broad SMARTS) is 1. The first-order chi connectivity index (χ1) is 21.8. The number of hydrogen-bond donors (Lipinski definition) is 2. The lowest BCUT2D eigenvalue weighted by atomic mass is 9.90. The molecule has 0 spiro atoms. The van der Waals surface area contributed by atoms with Gasteiger partial charge in [-0.25, -0.2) is 14.6 Å². The maximum atomic E-state index is 14.2. The smallest absolute Gasteiger partial charge is 0.408 e. The number of nitrogens with zero attached hydrogens (tertiary/aromatic N) is 2. The van der Waals surface area contributed by atoms with Crippen molar-refractivity contribution in [2.24, 2.45) is 17.8 Å². The van der Waals surface area contributed by atoms with E-state index in [1.54, 1.807) is 0 Å². The number of carboxylic acids is 1. The van der Waals surface area contributed by atoms with Crippen LogP contribution in [-0.2, 0) is 20.7 Å². The molecule has 2 aliphatic heterocycles. The lowest BCUT2D eigenvalue weighted by Gasteiger charge is -2.31. The molecule has 45 heavy (non-hydrogen) atoms. The third-order valence-electron chi connectivity index (χ3n) is 10.5. The first-order valence-corrected chi connectivity index (χ1v) is 17.1. The minimum absolute atomic E-state index is 0.0640. The number of pyridine rings is 1. The molecular weight excluding hydrogens is 574 g/mol. The molecule has 2 bridgehead atoms. The summed E-state index contributed by atoms with van der Waals surface area (Å²) < 4.78 is 18.8. The highest BCUT2D eigenvalue weighted by Gasteiger charge is 2.46. The summed E-state index contributed by atoms with van der Waals surface area (Å²) in [7, 11) is 0. The Labute approximate surface area is 265 Å². The van der Waals surface area contributed by atoms with Crippen LogP contribution in [0, 0.1) is 17.8 Å². The molecule has 2 saturated carbocycles. The fourth-order valence-electron chi connectivity index (χ4n) is 8.19. The van der Waals surface area contributed by atoms with E-state index in [4.69, 9.17) is 19.2 Å². The fourth-order valence-corrected chi connectivity index (χ4v) is 8.19. The summed E-state index contributed by atoms with van der Waals surface area (Å²) in [6, 6.07) is 5.92. The van der Waals surface area contributed by atoms with Crippen molar-refractivity contribution in [3.8, 4) is 11.6 Å². The number of ether oxygens (including phenoxy) is 3. The van der Waals surface area contributed by atoms with E-state index in [2.05, 4.69) is 12.2 Å². The van der Waals surface area contributed by atoms with Crippen LogP contribution >= 0.6 is 0 Å². The number of alkyl carbamates (subject to hydrolysis) is 1. The molecule has 3 fully saturated rings. The van der Waals surface area contributed by atoms with E-state index >= 15 is 0 Å². The van der Waals surface area contributed by atoms with Crippen molar-refractivity contribution in [1.82, 2.24) is 15.2 Å². The van der Waals surface area contributed by atoms with E-state index in [0.29, 0.717) is 24.8 Å². The van der Waals surface area contributed by atoms with Crippen LogP contribution in [0.15, 0.2) is 24.3 Å². The monoisotopic (exact) mass is 621 g/mol. The van der Waals surface area contributed by atoms with Gasteiger partial charge in [-0.3, -0.25) is 4.79 Å². The molecule has 10 nitrogen and oxygen atoms in total. The number of nitrogens with one attached hydrogen (secondary N) is 1. The number of hydrogen-bond acceptors (Lipinski definition) is 7. The molecule has 0 radical (unpaired) electrons. The molecule has 6 atom stereocenters. The van der Waals surface area contributed by atoms with E-state index in [9.17, 15) is 19.5 Å². The maximum Gasteiger partial charge on any atom is 0.408 e. The van der Waals surface area contributed by atoms with Gasteiger partial charge >= 0.3 is 12.1 Å². The minimum atomic E-state index is -1.09. The number of amides is 2. The molecule has 3 heterocycles. The number of aromatic nitrogens is 1. The summed E-state index contributed by atoms with van der Waals surface area (Å²) in [6.07, 6.45) is 8.75. The van der Waals surface area contributed by atoms with E-state index in [1.165, 1.54) is 4.90 Å². The van der Waals surface area contributed by atoms with E-state index in [-0.39, 0.29) is 36.8 Å². The Morgan fingerprint density at radius 2 is 1.82 bits per heavy atom. The van der Waals surface area contributed by atoms with E-state index < -0.39 is 30.3 Å². The quantitative estimate of drug-likeness (QED) is 0.433. The van der Waals surface area contributed by atoms with Crippen molar-refractivity contribution in [3.05, 3.63) is 29.8 Å². The molecule has 10 heteroatoms. The number of aliphatic carboxylic acids is 1. The lowest BCUT2D eigenvalue weighted by molar-refractivity contribution is -0.149. The van der Waals surface area contributed by atoms with Crippen LogP contribution in [0.1, 0.15) is 90.0 Å². The topological polar surface area (TPSA) is 127 Å². The van der Waals surface area contributed by atoms with Crippen molar-refractivity contribution < 1.29 is 33.7 Å². The van der Waals surface area contributed by atoms with Gasteiger partial charge in [-0.05, 0) is 81.8 Å². The van der Waals surface area contributed by atoms with Crippen LogP contribution in [0.4, 0.5) is 4.79 Å². The fraction of sp³-hybridized carbons (Fsp3) is 0.657. The highest BCUT2D eigenvalue weighted by Crippen LogP contribution is 2.40. The van der Waals surface area contributed by atoms with Gasteiger partial charge in [0.1, 0.15) is 30.0 Å². The van der Waals surface area contributed by atoms with Gasteiger partial charge in [0.2, 0.25) is 11.8 Å². The van der Waals surface area contributed by atoms with Gasteiger partial charge in [-0.2, -0.15) is 0 Å². The molecule has 6 rings (SSSR count). The molecule has 1 aromatic heterocycles. The average Bonchev–Trinajstić information content (AvgIpc) is 3.78. The molecule has 1 aromatic carbocycles. The Bertz CT molecular complexity index is 1390. The zero-order valence-corrected chi connectivity index (χ0v) is 26.5. The van der Waals surface area contributed by atoms with Gasteiger partial charge in [0, 0.05) is 11.8 Å². The Morgan fingerprint density at radius 1 is 1.04 bits per heavy atom. The third-order valence-corrected chi connectivity index (χ3v) is 10.5. The molecule has 4 aliphatic rings. The zero-order valence-electron chi connectivity index (χ0n) is 26.5. The highest BCUT2D eigenvalue weighted by molar-refractivity contribution is 5.90. The molecule has 2 N–H and O–H groups in total. The van der Waals surface area contributed by atoms with Gasteiger partial charge < -0.3 is 29.5 Å². The van der Waals surface area contributed by atoms with Crippen LogP contribution in [0.25, 0.3) is 10.9 Å².